The van der Waals surface area contributed by atoms with Gasteiger partial charge in [-0.2, -0.15) is 4.31 Å². The third-order valence-corrected chi connectivity index (χ3v) is 7.56. The number of piperidine rings is 1. The Kier molecular flexibility index (Phi) is 4.55. The minimum Gasteiger partial charge on any atom is -0.360 e. The third kappa shape index (κ3) is 3.06. The fourth-order valence-electron chi connectivity index (χ4n) is 4.12. The second kappa shape index (κ2) is 6.76. The maximum Gasteiger partial charge on any atom is 0.248 e. The Hall–Kier alpha value is -2.19. The number of rotatable bonds is 3. The van der Waals surface area contributed by atoms with E-state index in [1.165, 1.54) is 9.87 Å². The van der Waals surface area contributed by atoms with E-state index in [2.05, 4.69) is 5.16 Å². The highest BCUT2D eigenvalue weighted by atomic mass is 32.2. The van der Waals surface area contributed by atoms with Crippen molar-refractivity contribution in [1.29, 1.82) is 0 Å². The first-order valence-corrected chi connectivity index (χ1v) is 10.7. The molecule has 0 spiro atoms. The molecule has 1 unspecified atom stereocenters. The topological polar surface area (TPSA) is 83.7 Å². The zero-order valence-electron chi connectivity index (χ0n) is 15.5. The van der Waals surface area contributed by atoms with Crippen LogP contribution in [0.15, 0.2) is 33.7 Å². The van der Waals surface area contributed by atoms with Crippen molar-refractivity contribution < 1.29 is 17.7 Å². The number of carbonyl (C=O) groups is 1. The van der Waals surface area contributed by atoms with E-state index >= 15 is 0 Å². The molecule has 1 atom stereocenters. The van der Waals surface area contributed by atoms with Crippen molar-refractivity contribution in [3.8, 4) is 0 Å². The van der Waals surface area contributed by atoms with Crippen molar-refractivity contribution in [1.82, 2.24) is 9.46 Å². The minimum absolute atomic E-state index is 0.0126. The molecule has 0 aliphatic carbocycles. The second-order valence-corrected chi connectivity index (χ2v) is 9.10. The number of amides is 1. The maximum atomic E-state index is 13.1. The number of para-hydroxylation sites is 1. The average Bonchev–Trinajstić information content (AvgIpc) is 3.24. The molecule has 4 rings (SSSR count). The molecule has 27 heavy (non-hydrogen) atoms. The van der Waals surface area contributed by atoms with Crippen molar-refractivity contribution in [3.63, 3.8) is 0 Å². The minimum atomic E-state index is -3.72. The molecule has 0 bridgehead atoms. The number of carbonyl (C=O) groups excluding carboxylic acids is 1. The quantitative estimate of drug-likeness (QED) is 0.804. The van der Waals surface area contributed by atoms with Crippen LogP contribution in [0.2, 0.25) is 0 Å². The van der Waals surface area contributed by atoms with E-state index in [1.54, 1.807) is 13.8 Å². The summed E-state index contributed by atoms with van der Waals surface area (Å²) in [5.41, 5.74) is 2.48. The van der Waals surface area contributed by atoms with E-state index < -0.39 is 10.0 Å². The summed E-state index contributed by atoms with van der Waals surface area (Å²) >= 11 is 0. The van der Waals surface area contributed by atoms with Crippen LogP contribution in [0.25, 0.3) is 0 Å². The van der Waals surface area contributed by atoms with E-state index in [0.717, 1.165) is 12.1 Å². The molecular weight excluding hydrogens is 366 g/mol. The largest absolute Gasteiger partial charge is 0.360 e. The predicted octanol–water partition coefficient (Wildman–Crippen LogP) is 2.28. The van der Waals surface area contributed by atoms with Crippen LogP contribution in [-0.4, -0.2) is 43.4 Å². The highest BCUT2D eigenvalue weighted by Crippen LogP contribution is 2.32. The molecule has 2 aliphatic rings. The van der Waals surface area contributed by atoms with Gasteiger partial charge in [0.2, 0.25) is 15.9 Å². The average molecular weight is 389 g/mol. The van der Waals surface area contributed by atoms with Crippen molar-refractivity contribution in [2.75, 3.05) is 24.5 Å². The number of hydrogen-bond acceptors (Lipinski definition) is 5. The van der Waals surface area contributed by atoms with Gasteiger partial charge >= 0.3 is 0 Å². The lowest BCUT2D eigenvalue weighted by Crippen LogP contribution is -2.46. The van der Waals surface area contributed by atoms with E-state index in [0.29, 0.717) is 31.6 Å². The molecule has 0 radical (unpaired) electrons. The Labute approximate surface area is 159 Å². The molecular formula is C19H23N3O4S. The number of hydrogen-bond donors (Lipinski definition) is 0. The molecule has 1 saturated heterocycles. The molecule has 144 valence electrons. The molecule has 0 N–H and O–H groups in total. The predicted molar refractivity (Wildman–Crippen MR) is 100.0 cm³/mol. The molecule has 2 aliphatic heterocycles. The third-order valence-electron chi connectivity index (χ3n) is 5.45. The van der Waals surface area contributed by atoms with Gasteiger partial charge in [-0.1, -0.05) is 23.4 Å². The monoisotopic (exact) mass is 389 g/mol. The van der Waals surface area contributed by atoms with E-state index in [1.807, 2.05) is 29.2 Å². The Morgan fingerprint density at radius 3 is 2.74 bits per heavy atom. The van der Waals surface area contributed by atoms with Crippen LogP contribution in [-0.2, 0) is 21.2 Å². The fourth-order valence-corrected chi connectivity index (χ4v) is 5.94. The van der Waals surface area contributed by atoms with Gasteiger partial charge in [0.25, 0.3) is 0 Å². The van der Waals surface area contributed by atoms with Gasteiger partial charge in [0.15, 0.2) is 5.76 Å². The smallest absolute Gasteiger partial charge is 0.248 e. The zero-order valence-corrected chi connectivity index (χ0v) is 16.3. The molecule has 1 fully saturated rings. The lowest BCUT2D eigenvalue weighted by Gasteiger charge is -2.33. The standard InChI is InChI=1S/C19H23N3O4S/c1-13-18(14(2)26-20-13)27(24,25)21-10-5-7-16(12-21)19(23)22-11-9-15-6-3-4-8-17(15)22/h3-4,6,8,16H,5,7,9-12H2,1-2H3. The van der Waals surface area contributed by atoms with Gasteiger partial charge in [-0.25, -0.2) is 8.42 Å². The summed E-state index contributed by atoms with van der Waals surface area (Å²) in [6.45, 7) is 4.49. The molecule has 0 saturated carbocycles. The SMILES string of the molecule is Cc1noc(C)c1S(=O)(=O)N1CCCC(C(=O)N2CCc3ccccc32)C1. The van der Waals surface area contributed by atoms with E-state index in [4.69, 9.17) is 4.52 Å². The number of nitrogens with zero attached hydrogens (tertiary/aromatic N) is 3. The highest BCUT2D eigenvalue weighted by molar-refractivity contribution is 7.89. The highest BCUT2D eigenvalue weighted by Gasteiger charge is 2.38. The molecule has 3 heterocycles. The lowest BCUT2D eigenvalue weighted by molar-refractivity contribution is -0.123. The van der Waals surface area contributed by atoms with Gasteiger partial charge < -0.3 is 9.42 Å². The van der Waals surface area contributed by atoms with E-state index in [9.17, 15) is 13.2 Å². The van der Waals surface area contributed by atoms with Crippen LogP contribution < -0.4 is 4.90 Å². The summed E-state index contributed by atoms with van der Waals surface area (Å²) < 4.78 is 32.6. The van der Waals surface area contributed by atoms with Gasteiger partial charge in [0.05, 0.1) is 5.92 Å². The summed E-state index contributed by atoms with van der Waals surface area (Å²) in [6.07, 6.45) is 2.20. The maximum absolute atomic E-state index is 13.1. The number of anilines is 1. The van der Waals surface area contributed by atoms with Crippen LogP contribution in [0.4, 0.5) is 5.69 Å². The summed E-state index contributed by atoms with van der Waals surface area (Å²) in [5, 5.41) is 3.76. The van der Waals surface area contributed by atoms with Crippen LogP contribution in [0, 0.1) is 19.8 Å². The Morgan fingerprint density at radius 2 is 2.00 bits per heavy atom. The van der Waals surface area contributed by atoms with Crippen LogP contribution >= 0.6 is 0 Å². The second-order valence-electron chi connectivity index (χ2n) is 7.22. The van der Waals surface area contributed by atoms with Crippen molar-refractivity contribution in [2.24, 2.45) is 5.92 Å². The summed E-state index contributed by atoms with van der Waals surface area (Å²) in [5.74, 6) is -0.0341. The Balaban J connectivity index is 1.56. The van der Waals surface area contributed by atoms with Crippen molar-refractivity contribution in [3.05, 3.63) is 41.3 Å². The van der Waals surface area contributed by atoms with Gasteiger partial charge in [0, 0.05) is 25.3 Å². The first kappa shape index (κ1) is 18.2. The number of sulfonamides is 1. The van der Waals surface area contributed by atoms with Gasteiger partial charge in [-0.15, -0.1) is 0 Å². The molecule has 1 amide bonds. The Bertz CT molecular complexity index is 963. The first-order chi connectivity index (χ1) is 12.9. The van der Waals surface area contributed by atoms with E-state index in [-0.39, 0.29) is 29.0 Å². The Morgan fingerprint density at radius 1 is 1.22 bits per heavy atom. The summed E-state index contributed by atoms with van der Waals surface area (Å²) in [7, 11) is -3.72. The van der Waals surface area contributed by atoms with Gasteiger partial charge in [-0.3, -0.25) is 4.79 Å². The number of benzene rings is 1. The van der Waals surface area contributed by atoms with Gasteiger partial charge in [0.1, 0.15) is 10.6 Å². The number of fused-ring (bicyclic) bond motifs is 1. The molecule has 2 aromatic rings. The number of aryl methyl sites for hydroxylation is 2. The lowest BCUT2D eigenvalue weighted by atomic mass is 9.98. The molecule has 7 nitrogen and oxygen atoms in total. The van der Waals surface area contributed by atoms with Crippen molar-refractivity contribution in [2.45, 2.75) is 38.0 Å². The number of aromatic nitrogens is 1. The molecule has 8 heteroatoms. The summed E-state index contributed by atoms with van der Waals surface area (Å²) in [6, 6.07) is 7.91. The van der Waals surface area contributed by atoms with Crippen LogP contribution in [0.5, 0.6) is 0 Å². The normalized spacial score (nSPS) is 20.7. The van der Waals surface area contributed by atoms with Crippen molar-refractivity contribution >= 4 is 21.6 Å². The zero-order chi connectivity index (χ0) is 19.2. The first-order valence-electron chi connectivity index (χ1n) is 9.22. The van der Waals surface area contributed by atoms with Gasteiger partial charge in [-0.05, 0) is 44.7 Å². The molecule has 1 aromatic carbocycles. The molecule has 1 aromatic heterocycles. The fraction of sp³-hybridized carbons (Fsp3) is 0.474. The van der Waals surface area contributed by atoms with Crippen LogP contribution in [0.1, 0.15) is 29.9 Å². The summed E-state index contributed by atoms with van der Waals surface area (Å²) in [4.78, 5) is 15.1. The van der Waals surface area contributed by atoms with Crippen LogP contribution in [0.3, 0.4) is 0 Å².